The lowest BCUT2D eigenvalue weighted by atomic mass is 9.55. The lowest BCUT2D eigenvalue weighted by Crippen LogP contribution is -2.70. The number of ether oxygens (including phenoxy) is 4. The van der Waals surface area contributed by atoms with E-state index in [0.29, 0.717) is 54.1 Å². The average Bonchev–Trinajstić information content (AvgIpc) is 3.26. The van der Waals surface area contributed by atoms with Gasteiger partial charge in [-0.25, -0.2) is 9.18 Å². The molecule has 0 spiro atoms. The summed E-state index contributed by atoms with van der Waals surface area (Å²) in [5.74, 6) is -1.60. The number of rotatable bonds is 21. The Balaban J connectivity index is 1.54. The highest BCUT2D eigenvalue weighted by Crippen LogP contribution is 2.62. The number of fused-ring (bicyclic) bond motifs is 2. The third-order valence-electron chi connectivity index (χ3n) is 11.8. The molecule has 0 aromatic heterocycles. The van der Waals surface area contributed by atoms with Gasteiger partial charge in [-0.1, -0.05) is 55.3 Å². The molecule has 1 saturated carbocycles. The Morgan fingerprint density at radius 3 is 2.50 bits per heavy atom. The Hall–Kier alpha value is -5.31. The molecule has 0 bridgehead atoms. The number of hydrogen-bond acceptors (Lipinski definition) is 11. The van der Waals surface area contributed by atoms with Crippen molar-refractivity contribution in [3.63, 3.8) is 0 Å². The van der Waals surface area contributed by atoms with Crippen LogP contribution in [-0.2, 0) is 27.5 Å². The summed E-state index contributed by atoms with van der Waals surface area (Å²) in [5.41, 5.74) is 3.37. The first-order valence-electron chi connectivity index (χ1n) is 20.8. The number of oxime groups is 1. The van der Waals surface area contributed by atoms with Crippen molar-refractivity contribution in [3.8, 4) is 11.5 Å². The number of benzene rings is 3. The van der Waals surface area contributed by atoms with Gasteiger partial charge in [0.15, 0.2) is 0 Å². The van der Waals surface area contributed by atoms with E-state index in [1.807, 2.05) is 19.1 Å². The monoisotopic (exact) mass is 829 g/mol. The number of halogens is 1. The zero-order valence-corrected chi connectivity index (χ0v) is 34.4. The Bertz CT molecular complexity index is 2010. The summed E-state index contributed by atoms with van der Waals surface area (Å²) in [4.78, 5) is 32.4. The molecule has 1 fully saturated rings. The van der Waals surface area contributed by atoms with Crippen LogP contribution in [0.4, 0.5) is 14.9 Å². The fourth-order valence-electron chi connectivity index (χ4n) is 9.15. The van der Waals surface area contributed by atoms with Gasteiger partial charge in [0, 0.05) is 55.4 Å². The molecule has 13 nitrogen and oxygen atoms in total. The summed E-state index contributed by atoms with van der Waals surface area (Å²) in [6.07, 6.45) is 8.40. The summed E-state index contributed by atoms with van der Waals surface area (Å²) in [6.45, 7) is 6.53. The second-order valence-corrected chi connectivity index (χ2v) is 15.5. The van der Waals surface area contributed by atoms with E-state index in [9.17, 15) is 29.5 Å². The van der Waals surface area contributed by atoms with Crippen molar-refractivity contribution in [3.05, 3.63) is 124 Å². The Labute approximate surface area is 350 Å². The van der Waals surface area contributed by atoms with E-state index in [1.165, 1.54) is 25.3 Å². The summed E-state index contributed by atoms with van der Waals surface area (Å²) in [7, 11) is 1.34. The molecule has 3 aliphatic rings. The highest BCUT2D eigenvalue weighted by Gasteiger charge is 2.65. The van der Waals surface area contributed by atoms with Crippen molar-refractivity contribution in [1.29, 1.82) is 0 Å². The van der Waals surface area contributed by atoms with Gasteiger partial charge in [-0.2, -0.15) is 0 Å². The lowest BCUT2D eigenvalue weighted by Gasteiger charge is -2.59. The molecule has 1 aliphatic heterocycles. The van der Waals surface area contributed by atoms with E-state index in [-0.39, 0.29) is 68.7 Å². The fraction of sp³-hybridized carbons (Fsp3) is 0.478. The van der Waals surface area contributed by atoms with Crippen molar-refractivity contribution in [2.45, 2.75) is 89.3 Å². The third-order valence-corrected chi connectivity index (χ3v) is 11.8. The van der Waals surface area contributed by atoms with Crippen LogP contribution in [0.25, 0.3) is 0 Å². The van der Waals surface area contributed by atoms with Gasteiger partial charge in [-0.3, -0.25) is 15.0 Å². The second-order valence-electron chi connectivity index (χ2n) is 15.5. The number of allylic oxidation sites excluding steroid dienone is 1. The molecule has 1 heterocycles. The van der Waals surface area contributed by atoms with Crippen LogP contribution in [-0.4, -0.2) is 77.1 Å². The number of aliphatic hydroxyl groups excluding tert-OH is 2. The van der Waals surface area contributed by atoms with Gasteiger partial charge in [0.25, 0.3) is 5.69 Å². The molecule has 0 saturated heterocycles. The minimum absolute atomic E-state index is 0.00121. The molecule has 6 rings (SSSR count). The number of amides is 1. The van der Waals surface area contributed by atoms with E-state index in [1.54, 1.807) is 47.4 Å². The Kier molecular flexibility index (Phi) is 15.3. The molecule has 14 heteroatoms. The molecule has 322 valence electrons. The number of methoxy groups -OCH3 is 1. The van der Waals surface area contributed by atoms with Crippen LogP contribution in [0, 0.1) is 33.7 Å². The number of nitro groups is 1. The quantitative estimate of drug-likeness (QED) is 0.0460. The Morgan fingerprint density at radius 1 is 1.07 bits per heavy atom. The molecule has 60 heavy (non-hydrogen) atoms. The van der Waals surface area contributed by atoms with Gasteiger partial charge in [0.05, 0.1) is 30.3 Å². The lowest BCUT2D eigenvalue weighted by molar-refractivity contribution is -0.384. The molecule has 0 radical (unpaired) electrons. The summed E-state index contributed by atoms with van der Waals surface area (Å²) in [5, 5.41) is 35.8. The van der Waals surface area contributed by atoms with E-state index in [2.05, 4.69) is 12.7 Å². The maximum atomic E-state index is 14.7. The predicted molar refractivity (Wildman–Crippen MR) is 223 cm³/mol. The molecule has 2 N–H and O–H groups in total. The van der Waals surface area contributed by atoms with Gasteiger partial charge >= 0.3 is 6.09 Å². The number of nitrogens with zero attached hydrogens (tertiary/aromatic N) is 3. The normalized spacial score (nSPS) is 23.4. The first-order valence-corrected chi connectivity index (χ1v) is 20.8. The molecule has 6 atom stereocenters. The summed E-state index contributed by atoms with van der Waals surface area (Å²) >= 11 is 0. The van der Waals surface area contributed by atoms with E-state index in [0.717, 1.165) is 36.8 Å². The number of carbonyl (C=O) groups is 1. The van der Waals surface area contributed by atoms with Crippen molar-refractivity contribution >= 4 is 17.5 Å². The molecular weight excluding hydrogens is 774 g/mol. The van der Waals surface area contributed by atoms with E-state index in [4.69, 9.17) is 28.9 Å². The Morgan fingerprint density at radius 2 is 1.82 bits per heavy atom. The van der Waals surface area contributed by atoms with Gasteiger partial charge in [0.2, 0.25) is 5.79 Å². The third kappa shape index (κ3) is 9.66. The van der Waals surface area contributed by atoms with Crippen molar-refractivity contribution < 1.29 is 48.1 Å². The molecule has 3 aromatic rings. The van der Waals surface area contributed by atoms with Crippen LogP contribution in [0.3, 0.4) is 0 Å². The van der Waals surface area contributed by atoms with Crippen LogP contribution in [0.2, 0.25) is 0 Å². The van der Waals surface area contributed by atoms with Crippen molar-refractivity contribution in [2.75, 3.05) is 33.5 Å². The minimum atomic E-state index is -1.46. The molecule has 0 unspecified atom stereocenters. The number of unbranched alkanes of at least 4 members (excludes halogenated alkanes) is 2. The van der Waals surface area contributed by atoms with E-state index < -0.39 is 28.8 Å². The molecular formula is C46H56FN3O10. The van der Waals surface area contributed by atoms with E-state index >= 15 is 0 Å². The first-order chi connectivity index (χ1) is 29.2. The number of hydrogen-bond donors (Lipinski definition) is 2. The number of nitro benzene ring substituents is 1. The molecule has 1 amide bonds. The zero-order valence-electron chi connectivity index (χ0n) is 34.4. The molecule has 3 aromatic carbocycles. The second kappa shape index (κ2) is 20.8. The number of aliphatic hydroxyl groups is 2. The standard InChI is InChI=1S/C46H56FN3O10/c1-4-22-49(45(53)56-3)42-28-40(48-59-29-31-16-18-34(19-17-31)50(54)55)37-26-32(12-8-10-23-51)36(14-9-11-24-52)43-38-27-35(57-30-33-13-6-7-15-39(33)47)20-21-41(38)60-46(42,44(37)43)58-25-5-2/h5-7,13,15-21,26-27,32,36,42-44,51-52H,2,4,8-12,14,22-25,28-30H2,1,3H3/t32-,36+,42-,43+,44+,46+/m0/s1. The van der Waals surface area contributed by atoms with Crippen LogP contribution in [0.15, 0.2) is 96.2 Å². The van der Waals surface area contributed by atoms with Gasteiger partial charge in [-0.15, -0.1) is 6.58 Å². The van der Waals surface area contributed by atoms with Gasteiger partial charge in [-0.05, 0) is 91.5 Å². The number of non-ortho nitro benzene ring substituents is 1. The van der Waals surface area contributed by atoms with Gasteiger partial charge < -0.3 is 34.0 Å². The smallest absolute Gasteiger partial charge is 0.409 e. The fourth-order valence-corrected chi connectivity index (χ4v) is 9.15. The van der Waals surface area contributed by atoms with Crippen LogP contribution >= 0.6 is 0 Å². The van der Waals surface area contributed by atoms with Crippen molar-refractivity contribution in [2.24, 2.45) is 22.9 Å². The summed E-state index contributed by atoms with van der Waals surface area (Å²) in [6, 6.07) is 17.4. The van der Waals surface area contributed by atoms with Gasteiger partial charge in [0.1, 0.15) is 36.6 Å². The maximum absolute atomic E-state index is 14.7. The highest BCUT2D eigenvalue weighted by atomic mass is 19.1. The largest absolute Gasteiger partial charge is 0.489 e. The maximum Gasteiger partial charge on any atom is 0.409 e. The minimum Gasteiger partial charge on any atom is -0.489 e. The summed E-state index contributed by atoms with van der Waals surface area (Å²) < 4.78 is 40.5. The topological polar surface area (TPSA) is 162 Å². The zero-order chi connectivity index (χ0) is 42.6. The van der Waals surface area contributed by atoms with Crippen LogP contribution in [0.5, 0.6) is 11.5 Å². The number of carbonyl (C=O) groups excluding carboxylic acids is 1. The van der Waals surface area contributed by atoms with Crippen molar-refractivity contribution in [1.82, 2.24) is 4.90 Å². The SMILES string of the molecule is C=CCO[C@@]12Oc3ccc(OCc4ccccc4F)cc3[C@H]3[C@H](CCCCO)[C@@H](CCCCO)C=C(C(=NOCc4ccc([N+](=O)[O-])cc4)C[C@@H]1N(CCC)C(=O)OC)[C@H]32. The van der Waals surface area contributed by atoms with Crippen LogP contribution in [0.1, 0.15) is 80.9 Å². The average molecular weight is 830 g/mol. The van der Waals surface area contributed by atoms with Crippen LogP contribution < -0.4 is 9.47 Å². The molecule has 2 aliphatic carbocycles. The predicted octanol–water partition coefficient (Wildman–Crippen LogP) is 8.63. The first kappa shape index (κ1) is 44.2. The highest BCUT2D eigenvalue weighted by molar-refractivity contribution is 6.03.